The van der Waals surface area contributed by atoms with Crippen LogP contribution in [-0.2, 0) is 6.54 Å². The number of anilines is 1. The normalized spacial score (nSPS) is 10.9. The lowest BCUT2D eigenvalue weighted by Gasteiger charge is -2.11. The summed E-state index contributed by atoms with van der Waals surface area (Å²) < 4.78 is 18.1. The van der Waals surface area contributed by atoms with Crippen LogP contribution in [0.1, 0.15) is 33.1 Å². The van der Waals surface area contributed by atoms with Gasteiger partial charge in [-0.25, -0.2) is 9.37 Å². The highest BCUT2D eigenvalue weighted by atomic mass is 19.1. The van der Waals surface area contributed by atoms with Crippen molar-refractivity contribution in [2.75, 3.05) is 5.32 Å². The van der Waals surface area contributed by atoms with E-state index in [4.69, 9.17) is 0 Å². The summed E-state index contributed by atoms with van der Waals surface area (Å²) in [6.45, 7) is 6.38. The summed E-state index contributed by atoms with van der Waals surface area (Å²) in [6, 6.07) is 16.1. The Balaban J connectivity index is 1.53. The Morgan fingerprint density at radius 1 is 1.07 bits per heavy atom. The van der Waals surface area contributed by atoms with Crippen molar-refractivity contribution in [2.45, 2.75) is 27.3 Å². The number of hydrogen-bond acceptors (Lipinski definition) is 2. The molecule has 0 radical (unpaired) electrons. The maximum Gasteiger partial charge on any atom is 0.257 e. The van der Waals surface area contributed by atoms with Crippen LogP contribution >= 0.6 is 0 Å². The first-order valence-corrected chi connectivity index (χ1v) is 9.76. The molecule has 0 spiro atoms. The van der Waals surface area contributed by atoms with Crippen LogP contribution in [0.2, 0.25) is 0 Å². The topological polar surface area (TPSA) is 51.9 Å². The molecule has 0 unspecified atom stereocenters. The molecular formula is C24H23FN4O. The van der Waals surface area contributed by atoms with E-state index in [-0.39, 0.29) is 11.7 Å². The highest BCUT2D eigenvalue weighted by molar-refractivity contribution is 6.05. The Bertz CT molecular complexity index is 1200. The molecule has 0 fully saturated rings. The first-order valence-electron chi connectivity index (χ1n) is 9.76. The number of nitrogens with zero attached hydrogens (tertiary/aromatic N) is 3. The Kier molecular flexibility index (Phi) is 5.23. The molecule has 152 valence electrons. The average Bonchev–Trinajstić information content (AvgIpc) is 3.26. The third-order valence-corrected chi connectivity index (χ3v) is 5.26. The standard InChI is InChI=1S/C24H23FN4O/c1-16-14-21(17(2)29(16)23-7-5-4-6-22(23)25)24(30)27-20-10-8-19(9-11-20)15-28-13-12-26-18(28)3/h4-14H,15H2,1-3H3,(H,27,30). The third kappa shape index (κ3) is 3.76. The Morgan fingerprint density at radius 3 is 2.47 bits per heavy atom. The first-order chi connectivity index (χ1) is 14.4. The number of benzene rings is 2. The average molecular weight is 402 g/mol. The molecular weight excluding hydrogens is 379 g/mol. The number of hydrogen-bond donors (Lipinski definition) is 1. The van der Waals surface area contributed by atoms with Gasteiger partial charge in [0.15, 0.2) is 0 Å². The number of nitrogens with one attached hydrogen (secondary N) is 1. The van der Waals surface area contributed by atoms with Crippen molar-refractivity contribution in [1.29, 1.82) is 0 Å². The smallest absolute Gasteiger partial charge is 0.257 e. The van der Waals surface area contributed by atoms with Crippen LogP contribution < -0.4 is 5.32 Å². The van der Waals surface area contributed by atoms with Crippen molar-refractivity contribution < 1.29 is 9.18 Å². The van der Waals surface area contributed by atoms with Crippen LogP contribution in [0, 0.1) is 26.6 Å². The van der Waals surface area contributed by atoms with Crippen LogP contribution in [0.4, 0.5) is 10.1 Å². The Labute approximate surface area is 174 Å². The number of amides is 1. The van der Waals surface area contributed by atoms with Crippen molar-refractivity contribution in [2.24, 2.45) is 0 Å². The van der Waals surface area contributed by atoms with Crippen molar-refractivity contribution in [1.82, 2.24) is 14.1 Å². The van der Waals surface area contributed by atoms with E-state index in [0.29, 0.717) is 22.6 Å². The molecule has 2 aromatic heterocycles. The van der Waals surface area contributed by atoms with Gasteiger partial charge >= 0.3 is 0 Å². The van der Waals surface area contributed by atoms with Gasteiger partial charge in [0.05, 0.1) is 11.3 Å². The van der Waals surface area contributed by atoms with E-state index in [0.717, 1.165) is 23.6 Å². The maximum absolute atomic E-state index is 14.3. The highest BCUT2D eigenvalue weighted by Crippen LogP contribution is 2.24. The van der Waals surface area contributed by atoms with Crippen LogP contribution in [0.3, 0.4) is 0 Å². The second-order valence-corrected chi connectivity index (χ2v) is 7.33. The predicted octanol–water partition coefficient (Wildman–Crippen LogP) is 5.04. The van der Waals surface area contributed by atoms with Gasteiger partial charge in [-0.3, -0.25) is 4.79 Å². The summed E-state index contributed by atoms with van der Waals surface area (Å²) in [4.78, 5) is 17.1. The zero-order chi connectivity index (χ0) is 21.3. The molecule has 30 heavy (non-hydrogen) atoms. The van der Waals surface area contributed by atoms with Crippen LogP contribution in [0.25, 0.3) is 5.69 Å². The quantitative estimate of drug-likeness (QED) is 0.509. The number of carbonyl (C=O) groups is 1. The van der Waals surface area contributed by atoms with Crippen LogP contribution in [0.15, 0.2) is 67.0 Å². The van der Waals surface area contributed by atoms with Gasteiger partial charge < -0.3 is 14.5 Å². The largest absolute Gasteiger partial charge is 0.331 e. The molecule has 1 amide bonds. The monoisotopic (exact) mass is 402 g/mol. The maximum atomic E-state index is 14.3. The fourth-order valence-corrected chi connectivity index (χ4v) is 3.66. The molecule has 2 heterocycles. The first kappa shape index (κ1) is 19.6. The zero-order valence-corrected chi connectivity index (χ0v) is 17.2. The molecule has 1 N–H and O–H groups in total. The lowest BCUT2D eigenvalue weighted by Crippen LogP contribution is -2.13. The summed E-state index contributed by atoms with van der Waals surface area (Å²) in [5.74, 6) is 0.413. The lowest BCUT2D eigenvalue weighted by atomic mass is 10.2. The van der Waals surface area contributed by atoms with Crippen molar-refractivity contribution in [3.63, 3.8) is 0 Å². The van der Waals surface area contributed by atoms with Gasteiger partial charge in [0, 0.05) is 36.0 Å². The van der Waals surface area contributed by atoms with Gasteiger partial charge in [0.2, 0.25) is 0 Å². The molecule has 5 nitrogen and oxygen atoms in total. The van der Waals surface area contributed by atoms with Gasteiger partial charge in [0.1, 0.15) is 11.6 Å². The van der Waals surface area contributed by atoms with Gasteiger partial charge in [-0.15, -0.1) is 0 Å². The SMILES string of the molecule is Cc1nccn1Cc1ccc(NC(=O)c2cc(C)n(-c3ccccc3F)c2C)cc1. The van der Waals surface area contributed by atoms with Gasteiger partial charge in [0.25, 0.3) is 5.91 Å². The van der Waals surface area contributed by atoms with E-state index in [2.05, 4.69) is 14.9 Å². The van der Waals surface area contributed by atoms with E-state index in [1.54, 1.807) is 35.0 Å². The fourth-order valence-electron chi connectivity index (χ4n) is 3.66. The minimum absolute atomic E-state index is 0.219. The number of carbonyl (C=O) groups excluding carboxylic acids is 1. The minimum Gasteiger partial charge on any atom is -0.331 e. The van der Waals surface area contributed by atoms with E-state index in [9.17, 15) is 9.18 Å². The Hall–Kier alpha value is -3.67. The van der Waals surface area contributed by atoms with Crippen molar-refractivity contribution in [3.05, 3.63) is 101 Å². The number of halogens is 1. The number of rotatable bonds is 5. The second kappa shape index (κ2) is 7.99. The molecule has 0 saturated heterocycles. The summed E-state index contributed by atoms with van der Waals surface area (Å²) in [5, 5.41) is 2.94. The second-order valence-electron chi connectivity index (χ2n) is 7.33. The lowest BCUT2D eigenvalue weighted by molar-refractivity contribution is 0.102. The number of para-hydroxylation sites is 1. The molecule has 4 aromatic rings. The zero-order valence-electron chi connectivity index (χ0n) is 17.2. The molecule has 0 aliphatic rings. The van der Waals surface area contributed by atoms with Gasteiger partial charge in [-0.1, -0.05) is 24.3 Å². The highest BCUT2D eigenvalue weighted by Gasteiger charge is 2.18. The van der Waals surface area contributed by atoms with E-state index in [1.165, 1.54) is 6.07 Å². The van der Waals surface area contributed by atoms with Gasteiger partial charge in [-0.2, -0.15) is 0 Å². The molecule has 0 aliphatic carbocycles. The van der Waals surface area contributed by atoms with Crippen molar-refractivity contribution >= 4 is 11.6 Å². The van der Waals surface area contributed by atoms with E-state index in [1.807, 2.05) is 51.2 Å². The number of imidazole rings is 1. The fraction of sp³-hybridized carbons (Fsp3) is 0.167. The minimum atomic E-state index is -0.324. The summed E-state index contributed by atoms with van der Waals surface area (Å²) in [5.41, 5.74) is 4.28. The number of aromatic nitrogens is 3. The molecule has 2 aromatic carbocycles. The molecule has 0 atom stereocenters. The van der Waals surface area contributed by atoms with E-state index >= 15 is 0 Å². The van der Waals surface area contributed by atoms with Crippen LogP contribution in [0.5, 0.6) is 0 Å². The summed E-state index contributed by atoms with van der Waals surface area (Å²) in [7, 11) is 0. The molecule has 0 aliphatic heterocycles. The Morgan fingerprint density at radius 2 is 1.80 bits per heavy atom. The van der Waals surface area contributed by atoms with E-state index < -0.39 is 0 Å². The molecule has 4 rings (SSSR count). The summed E-state index contributed by atoms with van der Waals surface area (Å²) >= 11 is 0. The molecule has 0 bridgehead atoms. The van der Waals surface area contributed by atoms with Crippen LogP contribution in [-0.4, -0.2) is 20.0 Å². The summed E-state index contributed by atoms with van der Waals surface area (Å²) in [6.07, 6.45) is 3.72. The third-order valence-electron chi connectivity index (χ3n) is 5.26. The number of aryl methyl sites for hydroxylation is 2. The predicted molar refractivity (Wildman–Crippen MR) is 116 cm³/mol. The van der Waals surface area contributed by atoms with Crippen molar-refractivity contribution in [3.8, 4) is 5.69 Å². The molecule has 0 saturated carbocycles. The van der Waals surface area contributed by atoms with Gasteiger partial charge in [-0.05, 0) is 56.7 Å². The molecule has 6 heteroatoms.